The van der Waals surface area contributed by atoms with E-state index < -0.39 is 8.35 Å². The summed E-state index contributed by atoms with van der Waals surface area (Å²) in [5.41, 5.74) is 0. The van der Waals surface area contributed by atoms with E-state index in [2.05, 4.69) is 0 Å². The van der Waals surface area contributed by atoms with Crippen molar-refractivity contribution >= 4 is 8.35 Å². The summed E-state index contributed by atoms with van der Waals surface area (Å²) in [6.45, 7) is 0.722. The van der Waals surface area contributed by atoms with Gasteiger partial charge in [0.25, 0.3) is 0 Å². The molecule has 0 aromatic carbocycles. The van der Waals surface area contributed by atoms with Crippen molar-refractivity contribution in [2.45, 2.75) is 13.1 Å². The molecule has 0 spiro atoms. The molecule has 0 nitrogen and oxygen atoms in total. The maximum absolute atomic E-state index is 11.2. The Labute approximate surface area is 34.9 Å². The summed E-state index contributed by atoms with van der Waals surface area (Å²) in [4.78, 5) is 0. The molecule has 0 saturated carbocycles. The van der Waals surface area contributed by atoms with E-state index in [0.29, 0.717) is 13.1 Å². The molecule has 0 aromatic rings. The van der Waals surface area contributed by atoms with Crippen molar-refractivity contribution in [3.63, 3.8) is 0 Å². The zero-order chi connectivity index (χ0) is 5.45. The van der Waals surface area contributed by atoms with Crippen molar-refractivity contribution in [2.75, 3.05) is 0 Å². The number of hydrogen-bond donors (Lipinski definition) is 0. The van der Waals surface area contributed by atoms with Gasteiger partial charge in [0.05, 0.1) is 0 Å². The standard InChI is InChI=1S/C2H6F3Si/c1-6(2,3,4)5/h1-2H3/q-1. The van der Waals surface area contributed by atoms with E-state index in [9.17, 15) is 12.3 Å². The predicted molar refractivity (Wildman–Crippen MR) is 20.8 cm³/mol. The monoisotopic (exact) mass is 115 g/mol. The van der Waals surface area contributed by atoms with Crippen LogP contribution in [0.15, 0.2) is 0 Å². The zero-order valence-electron chi connectivity index (χ0n) is 3.63. The topological polar surface area (TPSA) is 0 Å². The van der Waals surface area contributed by atoms with Crippen molar-refractivity contribution in [2.24, 2.45) is 0 Å². The Hall–Kier alpha value is 0.00688. The summed E-state index contributed by atoms with van der Waals surface area (Å²) in [7, 11) is -5.75. The Morgan fingerprint density at radius 3 is 1.00 bits per heavy atom. The summed E-state index contributed by atoms with van der Waals surface area (Å²) >= 11 is 0. The third kappa shape index (κ3) is 765000. The third-order valence-electron chi connectivity index (χ3n) is 0. The third-order valence-corrected chi connectivity index (χ3v) is 0. The van der Waals surface area contributed by atoms with Crippen LogP contribution >= 0.6 is 0 Å². The fourth-order valence-corrected chi connectivity index (χ4v) is 0. The first-order valence-corrected chi connectivity index (χ1v) is 4.70. The van der Waals surface area contributed by atoms with Crippen molar-refractivity contribution in [1.29, 1.82) is 0 Å². The molecule has 4 heteroatoms. The Bertz CT molecular complexity index is 42.0. The quantitative estimate of drug-likeness (QED) is 0.335. The molecule has 0 bridgehead atoms. The van der Waals surface area contributed by atoms with E-state index in [4.69, 9.17) is 0 Å². The second-order valence-corrected chi connectivity index (χ2v) is 5.54. The Morgan fingerprint density at radius 1 is 1.00 bits per heavy atom. The van der Waals surface area contributed by atoms with E-state index in [-0.39, 0.29) is 0 Å². The van der Waals surface area contributed by atoms with E-state index >= 15 is 0 Å². The van der Waals surface area contributed by atoms with Gasteiger partial charge in [0.2, 0.25) is 0 Å². The van der Waals surface area contributed by atoms with Crippen molar-refractivity contribution in [3.05, 3.63) is 0 Å². The van der Waals surface area contributed by atoms with Gasteiger partial charge in [-0.15, -0.1) is 0 Å². The molecule has 0 aliphatic rings. The molecule has 0 aliphatic heterocycles. The van der Waals surface area contributed by atoms with Crippen LogP contribution in [-0.4, -0.2) is 8.35 Å². The summed E-state index contributed by atoms with van der Waals surface area (Å²) < 4.78 is 33.6. The van der Waals surface area contributed by atoms with Crippen LogP contribution in [0, 0.1) is 0 Å². The Morgan fingerprint density at radius 2 is 1.00 bits per heavy atom. The zero-order valence-corrected chi connectivity index (χ0v) is 4.63. The SMILES string of the molecule is C[Si-](C)(F)(F)F. The maximum atomic E-state index is 11.2. The normalized spacial score (nSPS) is 19.2. The molecule has 0 amide bonds. The number of hydrogen-bond acceptors (Lipinski definition) is 0. The van der Waals surface area contributed by atoms with Gasteiger partial charge in [0.15, 0.2) is 0 Å². The first kappa shape index (κ1) is 6.01. The molecular weight excluding hydrogens is 109 g/mol. The summed E-state index contributed by atoms with van der Waals surface area (Å²) in [5, 5.41) is 0. The fraction of sp³-hybridized carbons (Fsp3) is 1.00. The molecule has 0 atom stereocenters. The van der Waals surface area contributed by atoms with Crippen LogP contribution < -0.4 is 0 Å². The molecule has 0 saturated heterocycles. The molecule has 6 heavy (non-hydrogen) atoms. The molecular formula is C2H6F3Si-. The predicted octanol–water partition coefficient (Wildman–Crippen LogP) is 2.05. The summed E-state index contributed by atoms with van der Waals surface area (Å²) in [6, 6.07) is 0. The molecule has 0 aromatic heterocycles. The first-order valence-electron chi connectivity index (χ1n) is 1.57. The molecule has 0 aliphatic carbocycles. The second-order valence-electron chi connectivity index (χ2n) is 1.85. The van der Waals surface area contributed by atoms with E-state index in [0.717, 1.165) is 0 Å². The fourth-order valence-electron chi connectivity index (χ4n) is 0. The number of halogens is 3. The van der Waals surface area contributed by atoms with Gasteiger partial charge < -0.3 is 0 Å². The van der Waals surface area contributed by atoms with Gasteiger partial charge in [0, 0.05) is 0 Å². The van der Waals surface area contributed by atoms with Crippen molar-refractivity contribution in [3.8, 4) is 0 Å². The van der Waals surface area contributed by atoms with Crippen LogP contribution in [0.4, 0.5) is 12.3 Å². The minimum atomic E-state index is -5.75. The molecule has 40 valence electrons. The van der Waals surface area contributed by atoms with Crippen LogP contribution in [0.2, 0.25) is 13.1 Å². The van der Waals surface area contributed by atoms with Crippen LogP contribution in [0.25, 0.3) is 0 Å². The van der Waals surface area contributed by atoms with Crippen molar-refractivity contribution < 1.29 is 12.3 Å². The molecule has 0 heterocycles. The Kier molecular flexibility index (Phi) is 0.804. The summed E-state index contributed by atoms with van der Waals surface area (Å²) in [6.07, 6.45) is 0. The van der Waals surface area contributed by atoms with Crippen LogP contribution in [0.1, 0.15) is 0 Å². The number of rotatable bonds is 0. The van der Waals surface area contributed by atoms with E-state index in [1.165, 1.54) is 0 Å². The molecule has 0 unspecified atom stereocenters. The van der Waals surface area contributed by atoms with Crippen LogP contribution in [0.5, 0.6) is 0 Å². The molecule has 0 rings (SSSR count). The summed E-state index contributed by atoms with van der Waals surface area (Å²) in [5.74, 6) is 0. The van der Waals surface area contributed by atoms with Gasteiger partial charge in [-0.05, 0) is 0 Å². The average molecular weight is 115 g/mol. The molecule has 0 fully saturated rings. The van der Waals surface area contributed by atoms with Gasteiger partial charge in [-0.1, -0.05) is 0 Å². The van der Waals surface area contributed by atoms with Crippen molar-refractivity contribution in [1.82, 2.24) is 0 Å². The van der Waals surface area contributed by atoms with Gasteiger partial charge in [0.1, 0.15) is 0 Å². The Balaban J connectivity index is 3.73. The minimum absolute atomic E-state index is 0.361. The first-order chi connectivity index (χ1) is 2.24. The average Bonchev–Trinajstić information content (AvgIpc) is 0.650. The van der Waals surface area contributed by atoms with Gasteiger partial charge in [-0.25, -0.2) is 0 Å². The van der Waals surface area contributed by atoms with E-state index in [1.54, 1.807) is 0 Å². The van der Waals surface area contributed by atoms with Crippen LogP contribution in [-0.2, 0) is 0 Å². The van der Waals surface area contributed by atoms with E-state index in [1.807, 2.05) is 0 Å². The van der Waals surface area contributed by atoms with Gasteiger partial charge >= 0.3 is 33.8 Å². The van der Waals surface area contributed by atoms with Gasteiger partial charge in [-0.2, -0.15) is 0 Å². The van der Waals surface area contributed by atoms with Crippen LogP contribution in [0.3, 0.4) is 0 Å². The molecule has 0 N–H and O–H groups in total. The second kappa shape index (κ2) is 0.803. The van der Waals surface area contributed by atoms with Gasteiger partial charge in [-0.3, -0.25) is 0 Å². The molecule has 0 radical (unpaired) electrons.